The van der Waals surface area contributed by atoms with Gasteiger partial charge in [-0.15, -0.1) is 0 Å². The Morgan fingerprint density at radius 1 is 0.545 bits per heavy atom. The first-order valence-corrected chi connectivity index (χ1v) is 21.5. The van der Waals surface area contributed by atoms with Gasteiger partial charge in [-0.2, -0.15) is 4.89 Å². The molecule has 0 bridgehead atoms. The van der Waals surface area contributed by atoms with Crippen LogP contribution in [-0.2, 0) is 29.6 Å². The number of fused-ring (bicyclic) bond motifs is 4. The van der Waals surface area contributed by atoms with E-state index >= 15 is 0 Å². The van der Waals surface area contributed by atoms with Crippen LogP contribution in [0.3, 0.4) is 0 Å². The third-order valence-corrected chi connectivity index (χ3v) is 11.5. The molecule has 4 heteroatoms. The van der Waals surface area contributed by atoms with Gasteiger partial charge in [0.2, 0.25) is 0 Å². The first-order chi connectivity index (χ1) is 27.2. The van der Waals surface area contributed by atoms with Gasteiger partial charge in [-0.1, -0.05) is 157 Å². The largest absolute Gasteiger partial charge is 0.494 e. The van der Waals surface area contributed by atoms with Gasteiger partial charge in [-0.25, -0.2) is 0 Å². The molecule has 0 fully saturated rings. The lowest BCUT2D eigenvalue weighted by Gasteiger charge is -2.30. The molecule has 0 heterocycles. The minimum absolute atomic E-state index is 0.0429. The molecule has 0 saturated heterocycles. The lowest BCUT2D eigenvalue weighted by Crippen LogP contribution is -2.24. The Bertz CT molecular complexity index is 1780. The summed E-state index contributed by atoms with van der Waals surface area (Å²) in [7, 11) is 0. The number of rotatable bonds is 24. The van der Waals surface area contributed by atoms with Crippen LogP contribution in [0, 0.1) is 0 Å². The topological polar surface area (TPSA) is 36.9 Å². The van der Waals surface area contributed by atoms with Crippen molar-refractivity contribution in [1.29, 1.82) is 0 Å². The lowest BCUT2D eigenvalue weighted by atomic mass is 9.74. The highest BCUT2D eigenvalue weighted by molar-refractivity contribution is 5.61. The maximum Gasteiger partial charge on any atom is 0.169 e. The summed E-state index contributed by atoms with van der Waals surface area (Å²) in [6, 6.07) is 30.2. The number of ether oxygens (including phenoxy) is 2. The number of aryl methyl sites for hydroxylation is 2. The summed E-state index contributed by atoms with van der Waals surface area (Å²) in [6.07, 6.45) is 29.2. The molecule has 55 heavy (non-hydrogen) atoms. The molecule has 2 aliphatic rings. The third-order valence-electron chi connectivity index (χ3n) is 11.5. The van der Waals surface area contributed by atoms with Gasteiger partial charge in [0.1, 0.15) is 18.1 Å². The molecule has 0 radical (unpaired) electrons. The quantitative estimate of drug-likeness (QED) is 0.0407. The monoisotopic (exact) mass is 740 g/mol. The molecule has 0 amide bonds. The summed E-state index contributed by atoms with van der Waals surface area (Å²) >= 11 is 0. The molecule has 2 aliphatic carbocycles. The Morgan fingerprint density at radius 3 is 1.67 bits per heavy atom. The zero-order valence-electron chi connectivity index (χ0n) is 33.7. The van der Waals surface area contributed by atoms with E-state index in [0.29, 0.717) is 6.61 Å². The van der Waals surface area contributed by atoms with Crippen molar-refractivity contribution in [2.45, 2.75) is 128 Å². The molecule has 4 aromatic carbocycles. The van der Waals surface area contributed by atoms with E-state index < -0.39 is 0 Å². The smallest absolute Gasteiger partial charge is 0.169 e. The summed E-state index contributed by atoms with van der Waals surface area (Å²) in [4.78, 5) is 12.0. The minimum atomic E-state index is -0.0429. The minimum Gasteiger partial charge on any atom is -0.494 e. The van der Waals surface area contributed by atoms with Gasteiger partial charge >= 0.3 is 0 Å². The Labute approximate surface area is 331 Å². The maximum absolute atomic E-state index is 6.14. The van der Waals surface area contributed by atoms with E-state index in [4.69, 9.17) is 19.2 Å². The van der Waals surface area contributed by atoms with Crippen molar-refractivity contribution in [1.82, 2.24) is 0 Å². The molecule has 1 unspecified atom stereocenters. The average Bonchev–Trinajstić information content (AvgIpc) is 3.79. The molecule has 0 aliphatic heterocycles. The first-order valence-electron chi connectivity index (χ1n) is 21.5. The van der Waals surface area contributed by atoms with Crippen molar-refractivity contribution in [3.05, 3.63) is 136 Å². The van der Waals surface area contributed by atoms with Crippen molar-refractivity contribution in [2.24, 2.45) is 0 Å². The van der Waals surface area contributed by atoms with E-state index in [1.165, 1.54) is 97.6 Å². The van der Waals surface area contributed by atoms with Gasteiger partial charge in [0, 0.05) is 11.0 Å². The molecule has 1 spiro atoms. The predicted molar refractivity (Wildman–Crippen MR) is 229 cm³/mol. The summed E-state index contributed by atoms with van der Waals surface area (Å²) < 4.78 is 12.0. The second-order valence-electron chi connectivity index (χ2n) is 15.6. The van der Waals surface area contributed by atoms with E-state index in [0.717, 1.165) is 81.0 Å². The molecule has 0 aromatic heterocycles. The standard InChI is InChI=1S/C51H64O4/c1-3-5-7-9-11-13-38-52-46-30-26-41(27-31-46)19-15-21-43-22-16-23-44-34-36-51(49(43)44)37-35-45-24-17-25-48(50(45)51)55-54-40-18-20-42-28-32-47(33-29-42)53-39-14-12-10-8-6-4-2/h15-20,22-33H,3-14,21,34-40H2,1-2H3/b19-15+,20-18+. The fraction of sp³-hybridized carbons (Fsp3) is 0.451. The first kappa shape index (κ1) is 40.4. The van der Waals surface area contributed by atoms with Crippen molar-refractivity contribution in [3.8, 4) is 17.2 Å². The van der Waals surface area contributed by atoms with Crippen LogP contribution in [0.15, 0.2) is 97.1 Å². The third kappa shape index (κ3) is 11.4. The summed E-state index contributed by atoms with van der Waals surface area (Å²) in [5.41, 5.74) is 9.37. The molecule has 0 N–H and O–H groups in total. The van der Waals surface area contributed by atoms with Crippen molar-refractivity contribution in [2.75, 3.05) is 19.8 Å². The zero-order valence-corrected chi connectivity index (χ0v) is 33.7. The van der Waals surface area contributed by atoms with E-state index in [1.54, 1.807) is 0 Å². The zero-order chi connectivity index (χ0) is 38.0. The number of allylic oxidation sites excluding steroid dienone is 1. The van der Waals surface area contributed by atoms with Gasteiger partial charge in [0.25, 0.3) is 0 Å². The summed E-state index contributed by atoms with van der Waals surface area (Å²) in [5.74, 6) is 2.74. The van der Waals surface area contributed by atoms with Crippen LogP contribution in [0.25, 0.3) is 12.2 Å². The van der Waals surface area contributed by atoms with Crippen molar-refractivity contribution >= 4 is 12.2 Å². The van der Waals surface area contributed by atoms with Gasteiger partial charge in [-0.05, 0) is 109 Å². The fourth-order valence-electron chi connectivity index (χ4n) is 8.63. The van der Waals surface area contributed by atoms with Crippen LogP contribution >= 0.6 is 0 Å². The highest BCUT2D eigenvalue weighted by Gasteiger charge is 2.47. The maximum atomic E-state index is 6.14. The average molecular weight is 741 g/mol. The van der Waals surface area contributed by atoms with Crippen LogP contribution in [0.1, 0.15) is 143 Å². The second kappa shape index (κ2) is 21.7. The molecule has 0 saturated carbocycles. The van der Waals surface area contributed by atoms with Crippen molar-refractivity contribution in [3.63, 3.8) is 0 Å². The normalized spacial score (nSPS) is 16.0. The molecular formula is C51H64O4. The van der Waals surface area contributed by atoms with E-state index in [-0.39, 0.29) is 5.41 Å². The van der Waals surface area contributed by atoms with Crippen LogP contribution in [0.5, 0.6) is 17.2 Å². The molecule has 1 atom stereocenters. The van der Waals surface area contributed by atoms with Gasteiger partial charge in [-0.3, -0.25) is 0 Å². The highest BCUT2D eigenvalue weighted by Crippen LogP contribution is 2.56. The second-order valence-corrected chi connectivity index (χ2v) is 15.6. The number of benzene rings is 4. The van der Waals surface area contributed by atoms with E-state index in [9.17, 15) is 0 Å². The van der Waals surface area contributed by atoms with Gasteiger partial charge in [0.05, 0.1) is 13.2 Å². The predicted octanol–water partition coefficient (Wildman–Crippen LogP) is 13.6. The van der Waals surface area contributed by atoms with E-state index in [2.05, 4.69) is 117 Å². The molecule has 4 aromatic rings. The molecular weight excluding hydrogens is 677 g/mol. The Balaban J connectivity index is 1.01. The lowest BCUT2D eigenvalue weighted by molar-refractivity contribution is -0.196. The van der Waals surface area contributed by atoms with Gasteiger partial charge in [0.15, 0.2) is 5.75 Å². The molecule has 6 rings (SSSR count). The van der Waals surface area contributed by atoms with Crippen LogP contribution in [0.2, 0.25) is 0 Å². The molecule has 4 nitrogen and oxygen atoms in total. The Kier molecular flexibility index (Phi) is 15.9. The van der Waals surface area contributed by atoms with Crippen LogP contribution in [0.4, 0.5) is 0 Å². The van der Waals surface area contributed by atoms with E-state index in [1.807, 2.05) is 6.08 Å². The van der Waals surface area contributed by atoms with Gasteiger partial charge < -0.3 is 14.4 Å². The summed E-state index contributed by atoms with van der Waals surface area (Å²) in [5, 5.41) is 0. The number of hydrogen-bond donors (Lipinski definition) is 0. The highest BCUT2D eigenvalue weighted by atomic mass is 17.2. The Morgan fingerprint density at radius 2 is 1.07 bits per heavy atom. The SMILES string of the molecule is CCCCCCCCOc1ccc(/C=C/COOc2cccc3c2C2(CCc4cccc(C/C=C/c5ccc(OCCCCCCCC)cc5)c42)CC3)cc1. The fourth-order valence-corrected chi connectivity index (χ4v) is 8.63. The van der Waals surface area contributed by atoms with Crippen molar-refractivity contribution < 1.29 is 19.2 Å². The summed E-state index contributed by atoms with van der Waals surface area (Å²) in [6.45, 7) is 6.47. The van der Waals surface area contributed by atoms with Crippen LogP contribution < -0.4 is 14.4 Å². The Hall–Kier alpha value is -4.28. The molecule has 292 valence electrons. The van der Waals surface area contributed by atoms with Crippen LogP contribution in [-0.4, -0.2) is 19.8 Å². The number of hydrogen-bond acceptors (Lipinski definition) is 4. The number of unbranched alkanes of at least 4 members (excludes halogenated alkanes) is 10.